The molecule has 0 unspecified atom stereocenters. The van der Waals surface area contributed by atoms with Crippen LogP contribution >= 0.6 is 23.4 Å². The van der Waals surface area contributed by atoms with E-state index in [0.29, 0.717) is 11.6 Å². The highest BCUT2D eigenvalue weighted by Crippen LogP contribution is 2.35. The zero-order valence-corrected chi connectivity index (χ0v) is 16.7. The van der Waals surface area contributed by atoms with E-state index in [0.717, 1.165) is 6.42 Å². The van der Waals surface area contributed by atoms with Gasteiger partial charge in [-0.3, -0.25) is 0 Å². The van der Waals surface area contributed by atoms with Gasteiger partial charge < -0.3 is 5.11 Å². The quantitative estimate of drug-likeness (QED) is 0.272. The van der Waals surface area contributed by atoms with Gasteiger partial charge in [-0.1, -0.05) is 72.8 Å². The molecule has 3 heteroatoms. The van der Waals surface area contributed by atoms with Gasteiger partial charge in [0, 0.05) is 16.5 Å². The van der Waals surface area contributed by atoms with Crippen LogP contribution in [-0.2, 0) is 0 Å². The maximum atomic E-state index is 9.04. The Labute approximate surface area is 170 Å². The van der Waals surface area contributed by atoms with E-state index >= 15 is 0 Å². The molecule has 3 rings (SSSR count). The molecule has 0 amide bonds. The smallest absolute Gasteiger partial charge is 0.0525 e. The zero-order valence-electron chi connectivity index (χ0n) is 15.1. The molecule has 0 bridgehead atoms. The van der Waals surface area contributed by atoms with Gasteiger partial charge in [-0.25, -0.2) is 0 Å². The molecule has 27 heavy (non-hydrogen) atoms. The molecule has 0 aliphatic heterocycles. The summed E-state index contributed by atoms with van der Waals surface area (Å²) in [6.45, 7) is 0.190. The Kier molecular flexibility index (Phi) is 7.58. The number of hydrogen-bond acceptors (Lipinski definition) is 2. The molecule has 0 heterocycles. The summed E-state index contributed by atoms with van der Waals surface area (Å²) >= 11 is 7.85. The Bertz CT molecular complexity index is 858. The first kappa shape index (κ1) is 19.8. The van der Waals surface area contributed by atoms with Crippen LogP contribution < -0.4 is 0 Å². The van der Waals surface area contributed by atoms with Gasteiger partial charge in [0.1, 0.15) is 0 Å². The molecule has 1 nitrogen and oxygen atoms in total. The molecule has 0 aromatic heterocycles. The lowest BCUT2D eigenvalue weighted by Crippen LogP contribution is -1.96. The highest BCUT2D eigenvalue weighted by atomic mass is 35.5. The topological polar surface area (TPSA) is 20.2 Å². The maximum absolute atomic E-state index is 9.04. The summed E-state index contributed by atoms with van der Waals surface area (Å²) in [5, 5.41) is 9.04. The first-order valence-corrected chi connectivity index (χ1v) is 10.6. The number of hydrogen-bond donors (Lipinski definition) is 1. The van der Waals surface area contributed by atoms with Gasteiger partial charge in [0.2, 0.25) is 0 Å². The SMILES string of the molecule is OCCSc1ccc(C(=C(CCCl)c2ccccc2)c2ccccc2)cc1. The largest absolute Gasteiger partial charge is 0.396 e. The van der Waals surface area contributed by atoms with E-state index in [-0.39, 0.29) is 6.61 Å². The number of benzene rings is 3. The molecule has 0 aliphatic rings. The van der Waals surface area contributed by atoms with Crippen molar-refractivity contribution in [1.29, 1.82) is 0 Å². The van der Waals surface area contributed by atoms with E-state index < -0.39 is 0 Å². The second kappa shape index (κ2) is 10.4. The predicted molar refractivity (Wildman–Crippen MR) is 118 cm³/mol. The Balaban J connectivity index is 2.13. The lowest BCUT2D eigenvalue weighted by molar-refractivity contribution is 0.322. The summed E-state index contributed by atoms with van der Waals surface area (Å²) in [6, 6.07) is 29.6. The minimum Gasteiger partial charge on any atom is -0.396 e. The van der Waals surface area contributed by atoms with Gasteiger partial charge in [0.05, 0.1) is 6.61 Å². The Morgan fingerprint density at radius 3 is 1.85 bits per heavy atom. The Morgan fingerprint density at radius 2 is 1.30 bits per heavy atom. The third kappa shape index (κ3) is 5.26. The zero-order chi connectivity index (χ0) is 18.9. The number of rotatable bonds is 8. The van der Waals surface area contributed by atoms with E-state index in [9.17, 15) is 0 Å². The lowest BCUT2D eigenvalue weighted by Gasteiger charge is -2.17. The maximum Gasteiger partial charge on any atom is 0.0525 e. The van der Waals surface area contributed by atoms with Gasteiger partial charge in [0.25, 0.3) is 0 Å². The van der Waals surface area contributed by atoms with E-state index in [1.807, 2.05) is 12.1 Å². The Hall–Kier alpha value is -2.00. The fourth-order valence-electron chi connectivity index (χ4n) is 3.15. The summed E-state index contributed by atoms with van der Waals surface area (Å²) in [5.74, 6) is 1.28. The van der Waals surface area contributed by atoms with Crippen LogP contribution in [-0.4, -0.2) is 23.3 Å². The minimum absolute atomic E-state index is 0.190. The number of aliphatic hydroxyl groups excluding tert-OH is 1. The molecule has 138 valence electrons. The van der Waals surface area contributed by atoms with Crippen molar-refractivity contribution in [3.8, 4) is 0 Å². The molecule has 0 atom stereocenters. The predicted octanol–water partition coefficient (Wildman–Crippen LogP) is 6.36. The van der Waals surface area contributed by atoms with Crippen molar-refractivity contribution in [1.82, 2.24) is 0 Å². The molecule has 0 spiro atoms. The van der Waals surface area contributed by atoms with Crippen molar-refractivity contribution in [2.75, 3.05) is 18.2 Å². The van der Waals surface area contributed by atoms with Crippen LogP contribution in [0.15, 0.2) is 89.8 Å². The number of alkyl halides is 1. The summed E-state index contributed by atoms with van der Waals surface area (Å²) in [4.78, 5) is 1.17. The molecule has 0 saturated carbocycles. The molecule has 0 saturated heterocycles. The van der Waals surface area contributed by atoms with Crippen LogP contribution in [0.25, 0.3) is 11.1 Å². The standard InChI is InChI=1S/C24H23ClOS/c25-16-15-23(19-7-3-1-4-8-19)24(20-9-5-2-6-10-20)21-11-13-22(14-12-21)27-18-17-26/h1-14,26H,15-18H2. The number of halogens is 1. The monoisotopic (exact) mass is 394 g/mol. The van der Waals surface area contributed by atoms with E-state index in [1.54, 1.807) is 11.8 Å². The first-order chi connectivity index (χ1) is 13.3. The van der Waals surface area contributed by atoms with Crippen LogP contribution in [0.1, 0.15) is 23.1 Å². The molecule has 0 aliphatic carbocycles. The van der Waals surface area contributed by atoms with E-state index in [1.165, 1.54) is 32.7 Å². The van der Waals surface area contributed by atoms with E-state index in [4.69, 9.17) is 16.7 Å². The molecule has 0 fully saturated rings. The average molecular weight is 395 g/mol. The van der Waals surface area contributed by atoms with Gasteiger partial charge >= 0.3 is 0 Å². The van der Waals surface area contributed by atoms with E-state index in [2.05, 4.69) is 72.8 Å². The molecule has 1 N–H and O–H groups in total. The van der Waals surface area contributed by atoms with Gasteiger partial charge in [0.15, 0.2) is 0 Å². The highest BCUT2D eigenvalue weighted by molar-refractivity contribution is 7.99. The van der Waals surface area contributed by atoms with Crippen LogP contribution in [0.5, 0.6) is 0 Å². The third-order valence-corrected chi connectivity index (χ3v) is 5.52. The summed E-state index contributed by atoms with van der Waals surface area (Å²) in [7, 11) is 0. The van der Waals surface area contributed by atoms with Crippen LogP contribution in [0.3, 0.4) is 0 Å². The van der Waals surface area contributed by atoms with Gasteiger partial charge in [-0.2, -0.15) is 0 Å². The fraction of sp³-hybridized carbons (Fsp3) is 0.167. The third-order valence-electron chi connectivity index (χ3n) is 4.33. The number of allylic oxidation sites excluding steroid dienone is 1. The second-order valence-electron chi connectivity index (χ2n) is 6.12. The Morgan fingerprint density at radius 1 is 0.741 bits per heavy atom. The van der Waals surface area contributed by atoms with Gasteiger partial charge in [-0.15, -0.1) is 23.4 Å². The van der Waals surface area contributed by atoms with Gasteiger partial charge in [-0.05, 0) is 46.4 Å². The van der Waals surface area contributed by atoms with Crippen molar-refractivity contribution in [2.24, 2.45) is 0 Å². The molecule has 3 aromatic rings. The first-order valence-electron chi connectivity index (χ1n) is 9.07. The van der Waals surface area contributed by atoms with Crippen LogP contribution in [0.4, 0.5) is 0 Å². The lowest BCUT2D eigenvalue weighted by atomic mass is 9.88. The molecule has 0 radical (unpaired) electrons. The number of aliphatic hydroxyl groups is 1. The minimum atomic E-state index is 0.190. The molecule has 3 aromatic carbocycles. The average Bonchev–Trinajstić information content (AvgIpc) is 2.74. The van der Waals surface area contributed by atoms with Crippen molar-refractivity contribution in [3.05, 3.63) is 102 Å². The van der Waals surface area contributed by atoms with Crippen molar-refractivity contribution in [3.63, 3.8) is 0 Å². The summed E-state index contributed by atoms with van der Waals surface area (Å²) < 4.78 is 0. The van der Waals surface area contributed by atoms with Crippen LogP contribution in [0.2, 0.25) is 0 Å². The second-order valence-corrected chi connectivity index (χ2v) is 7.67. The van der Waals surface area contributed by atoms with Crippen molar-refractivity contribution in [2.45, 2.75) is 11.3 Å². The molecular weight excluding hydrogens is 372 g/mol. The summed E-state index contributed by atoms with van der Waals surface area (Å²) in [5.41, 5.74) is 6.06. The van der Waals surface area contributed by atoms with Crippen molar-refractivity contribution < 1.29 is 5.11 Å². The summed E-state index contributed by atoms with van der Waals surface area (Å²) in [6.07, 6.45) is 0.802. The highest BCUT2D eigenvalue weighted by Gasteiger charge is 2.13. The normalized spacial score (nSPS) is 11.9. The van der Waals surface area contributed by atoms with Crippen molar-refractivity contribution >= 4 is 34.5 Å². The fourth-order valence-corrected chi connectivity index (χ4v) is 3.99. The number of thioether (sulfide) groups is 1. The molecular formula is C24H23ClOS. The van der Waals surface area contributed by atoms with Crippen LogP contribution in [0, 0.1) is 0 Å².